The fourth-order valence-corrected chi connectivity index (χ4v) is 3.42. The van der Waals surface area contributed by atoms with Gasteiger partial charge in [0.05, 0.1) is 0 Å². The lowest BCUT2D eigenvalue weighted by atomic mass is 10.1. The summed E-state index contributed by atoms with van der Waals surface area (Å²) in [4.78, 5) is 33.9. The van der Waals surface area contributed by atoms with E-state index in [-0.39, 0.29) is 11.8 Å². The average Bonchev–Trinajstić information content (AvgIpc) is 3.17. The summed E-state index contributed by atoms with van der Waals surface area (Å²) in [5.74, 6) is -0.0726. The molecule has 0 spiro atoms. The van der Waals surface area contributed by atoms with Gasteiger partial charge in [-0.05, 0) is 49.1 Å². The first-order valence-corrected chi connectivity index (χ1v) is 9.30. The maximum Gasteiger partial charge on any atom is 0.267 e. The van der Waals surface area contributed by atoms with E-state index in [4.69, 9.17) is 0 Å². The van der Waals surface area contributed by atoms with Crippen molar-refractivity contribution in [3.8, 4) is 0 Å². The number of hydrogen-bond acceptors (Lipinski definition) is 3. The Balaban J connectivity index is 1.36. The lowest BCUT2D eigenvalue weighted by Gasteiger charge is -2.26. The molecule has 27 heavy (non-hydrogen) atoms. The van der Waals surface area contributed by atoms with Crippen molar-refractivity contribution >= 4 is 22.7 Å². The minimum absolute atomic E-state index is 0.0944. The summed E-state index contributed by atoms with van der Waals surface area (Å²) < 4.78 is 0. The molecule has 4 rings (SSSR count). The zero-order valence-corrected chi connectivity index (χ0v) is 15.1. The van der Waals surface area contributed by atoms with Crippen LogP contribution < -0.4 is 5.32 Å². The number of benzene rings is 1. The van der Waals surface area contributed by atoms with E-state index in [9.17, 15) is 9.59 Å². The molecule has 6 nitrogen and oxygen atoms in total. The number of nitrogens with one attached hydrogen (secondary N) is 2. The Kier molecular flexibility index (Phi) is 4.87. The molecule has 0 atom stereocenters. The standard InChI is InChI=1S/C21H22N4O2/c26-20(19-12-17-14-22-9-8-18(17)24-19)23-13-15-4-6-16(7-5-15)21(27)25-10-2-1-3-11-25/h4-9,12,14,24H,1-3,10-11,13H2,(H,23,26). The number of amides is 2. The Hall–Kier alpha value is -3.15. The minimum Gasteiger partial charge on any atom is -0.350 e. The third kappa shape index (κ3) is 3.84. The average molecular weight is 362 g/mol. The number of aromatic nitrogens is 2. The van der Waals surface area contributed by atoms with Crippen molar-refractivity contribution in [2.45, 2.75) is 25.8 Å². The molecule has 2 amide bonds. The highest BCUT2D eigenvalue weighted by atomic mass is 16.2. The molecule has 2 N–H and O–H groups in total. The van der Waals surface area contributed by atoms with Gasteiger partial charge in [-0.3, -0.25) is 14.6 Å². The SMILES string of the molecule is O=C(NCc1ccc(C(=O)N2CCCCC2)cc1)c1cc2cnccc2[nH]1. The van der Waals surface area contributed by atoms with E-state index in [1.54, 1.807) is 18.5 Å². The second kappa shape index (κ2) is 7.61. The highest BCUT2D eigenvalue weighted by molar-refractivity contribution is 5.97. The molecule has 0 bridgehead atoms. The molecule has 3 aromatic rings. The summed E-state index contributed by atoms with van der Waals surface area (Å²) in [6.45, 7) is 2.10. The van der Waals surface area contributed by atoms with Crippen LogP contribution in [0.1, 0.15) is 45.7 Å². The number of aromatic amines is 1. The third-order valence-electron chi connectivity index (χ3n) is 4.96. The Morgan fingerprint density at radius 3 is 2.59 bits per heavy atom. The van der Waals surface area contributed by atoms with Crippen molar-refractivity contribution < 1.29 is 9.59 Å². The second-order valence-corrected chi connectivity index (χ2v) is 6.88. The Morgan fingerprint density at radius 1 is 1.07 bits per heavy atom. The van der Waals surface area contributed by atoms with Crippen molar-refractivity contribution in [3.05, 3.63) is 65.6 Å². The third-order valence-corrected chi connectivity index (χ3v) is 4.96. The van der Waals surface area contributed by atoms with Crippen molar-refractivity contribution in [1.29, 1.82) is 0 Å². The molecule has 1 fully saturated rings. The summed E-state index contributed by atoms with van der Waals surface area (Å²) in [5.41, 5.74) is 3.05. The Labute approximate surface area is 157 Å². The monoisotopic (exact) mass is 362 g/mol. The zero-order chi connectivity index (χ0) is 18.6. The molecule has 1 saturated heterocycles. The van der Waals surface area contributed by atoms with Crippen molar-refractivity contribution in [1.82, 2.24) is 20.2 Å². The van der Waals surface area contributed by atoms with Gasteiger partial charge >= 0.3 is 0 Å². The summed E-state index contributed by atoms with van der Waals surface area (Å²) in [6, 6.07) is 11.1. The number of fused-ring (bicyclic) bond motifs is 1. The smallest absolute Gasteiger partial charge is 0.267 e. The molecule has 6 heteroatoms. The van der Waals surface area contributed by atoms with Crippen molar-refractivity contribution in [2.75, 3.05) is 13.1 Å². The fourth-order valence-electron chi connectivity index (χ4n) is 3.42. The second-order valence-electron chi connectivity index (χ2n) is 6.88. The minimum atomic E-state index is -0.167. The number of carbonyl (C=O) groups excluding carboxylic acids is 2. The molecule has 3 heterocycles. The molecule has 0 saturated carbocycles. The van der Waals surface area contributed by atoms with Crippen LogP contribution in [0.4, 0.5) is 0 Å². The van der Waals surface area contributed by atoms with Crippen LogP contribution >= 0.6 is 0 Å². The predicted molar refractivity (Wildman–Crippen MR) is 103 cm³/mol. The van der Waals surface area contributed by atoms with Crippen LogP contribution in [-0.4, -0.2) is 39.8 Å². The summed E-state index contributed by atoms with van der Waals surface area (Å²) in [5, 5.41) is 3.81. The van der Waals surface area contributed by atoms with E-state index in [0.717, 1.165) is 42.4 Å². The van der Waals surface area contributed by atoms with Gasteiger partial charge in [0.2, 0.25) is 0 Å². The van der Waals surface area contributed by atoms with Gasteiger partial charge in [-0.1, -0.05) is 12.1 Å². The number of likely N-dealkylation sites (tertiary alicyclic amines) is 1. The van der Waals surface area contributed by atoms with Gasteiger partial charge < -0.3 is 15.2 Å². The van der Waals surface area contributed by atoms with Crippen LogP contribution in [-0.2, 0) is 6.54 Å². The first kappa shape index (κ1) is 17.3. The first-order chi connectivity index (χ1) is 13.2. The number of nitrogens with zero attached hydrogens (tertiary/aromatic N) is 2. The molecular formula is C21H22N4O2. The lowest BCUT2D eigenvalue weighted by Crippen LogP contribution is -2.35. The van der Waals surface area contributed by atoms with E-state index < -0.39 is 0 Å². The van der Waals surface area contributed by atoms with Crippen LogP contribution in [0.3, 0.4) is 0 Å². The van der Waals surface area contributed by atoms with Crippen LogP contribution in [0, 0.1) is 0 Å². The molecule has 1 aliphatic rings. The van der Waals surface area contributed by atoms with Crippen LogP contribution in [0.2, 0.25) is 0 Å². The van der Waals surface area contributed by atoms with E-state index in [0.29, 0.717) is 17.8 Å². The van der Waals surface area contributed by atoms with E-state index in [1.165, 1.54) is 6.42 Å². The molecule has 138 valence electrons. The fraction of sp³-hybridized carbons (Fsp3) is 0.286. The van der Waals surface area contributed by atoms with Crippen molar-refractivity contribution in [2.24, 2.45) is 0 Å². The summed E-state index contributed by atoms with van der Waals surface area (Å²) in [6.07, 6.45) is 6.78. The van der Waals surface area contributed by atoms with Gasteiger partial charge in [0.1, 0.15) is 5.69 Å². The van der Waals surface area contributed by atoms with Crippen LogP contribution in [0.15, 0.2) is 48.8 Å². The quantitative estimate of drug-likeness (QED) is 0.748. The van der Waals surface area contributed by atoms with Crippen molar-refractivity contribution in [3.63, 3.8) is 0 Å². The number of rotatable bonds is 4. The number of pyridine rings is 1. The maximum atomic E-state index is 12.5. The van der Waals surface area contributed by atoms with Gasteiger partial charge in [0.25, 0.3) is 11.8 Å². The van der Waals surface area contributed by atoms with Gasteiger partial charge in [0, 0.05) is 48.5 Å². The predicted octanol–water partition coefficient (Wildman–Crippen LogP) is 3.12. The summed E-state index contributed by atoms with van der Waals surface area (Å²) >= 11 is 0. The molecule has 0 unspecified atom stereocenters. The zero-order valence-electron chi connectivity index (χ0n) is 15.1. The maximum absolute atomic E-state index is 12.5. The molecule has 1 aliphatic heterocycles. The van der Waals surface area contributed by atoms with Crippen LogP contribution in [0.25, 0.3) is 10.9 Å². The Morgan fingerprint density at radius 2 is 1.85 bits per heavy atom. The normalized spacial score (nSPS) is 14.3. The molecule has 0 radical (unpaired) electrons. The number of hydrogen-bond donors (Lipinski definition) is 2. The summed E-state index contributed by atoms with van der Waals surface area (Å²) in [7, 11) is 0. The molecular weight excluding hydrogens is 340 g/mol. The van der Waals surface area contributed by atoms with Crippen LogP contribution in [0.5, 0.6) is 0 Å². The van der Waals surface area contributed by atoms with Gasteiger partial charge in [-0.2, -0.15) is 0 Å². The number of carbonyl (C=O) groups is 2. The number of piperidine rings is 1. The van der Waals surface area contributed by atoms with E-state index in [1.807, 2.05) is 35.2 Å². The van der Waals surface area contributed by atoms with E-state index in [2.05, 4.69) is 15.3 Å². The van der Waals surface area contributed by atoms with Gasteiger partial charge in [-0.15, -0.1) is 0 Å². The first-order valence-electron chi connectivity index (χ1n) is 9.30. The van der Waals surface area contributed by atoms with Gasteiger partial charge in [-0.25, -0.2) is 0 Å². The lowest BCUT2D eigenvalue weighted by molar-refractivity contribution is 0.0724. The number of H-pyrrole nitrogens is 1. The van der Waals surface area contributed by atoms with Gasteiger partial charge in [0.15, 0.2) is 0 Å². The Bertz CT molecular complexity index is 923. The molecule has 2 aromatic heterocycles. The van der Waals surface area contributed by atoms with E-state index >= 15 is 0 Å². The molecule has 0 aliphatic carbocycles. The highest BCUT2D eigenvalue weighted by Gasteiger charge is 2.18. The highest BCUT2D eigenvalue weighted by Crippen LogP contribution is 2.15. The largest absolute Gasteiger partial charge is 0.350 e. The topological polar surface area (TPSA) is 78.1 Å². The molecule has 1 aromatic carbocycles.